The van der Waals surface area contributed by atoms with Crippen LogP contribution in [0.25, 0.3) is 0 Å². The van der Waals surface area contributed by atoms with Crippen molar-refractivity contribution in [3.05, 3.63) is 22.3 Å². The number of aryl methyl sites for hydroxylation is 1. The van der Waals surface area contributed by atoms with E-state index in [9.17, 15) is 0 Å². The van der Waals surface area contributed by atoms with Crippen LogP contribution in [0.2, 0.25) is 0 Å². The Kier molecular flexibility index (Phi) is 3.62. The summed E-state index contributed by atoms with van der Waals surface area (Å²) >= 11 is 3.46. The SMILES string of the molecule is Cc1nc(NC2CCCCC2)ccc1Br. The molecule has 0 saturated heterocycles. The number of hydrogen-bond donors (Lipinski definition) is 1. The fourth-order valence-electron chi connectivity index (χ4n) is 2.08. The van der Waals surface area contributed by atoms with E-state index in [-0.39, 0.29) is 0 Å². The van der Waals surface area contributed by atoms with Gasteiger partial charge in [-0.1, -0.05) is 19.3 Å². The van der Waals surface area contributed by atoms with Crippen LogP contribution < -0.4 is 5.32 Å². The van der Waals surface area contributed by atoms with Crippen LogP contribution in [-0.4, -0.2) is 11.0 Å². The van der Waals surface area contributed by atoms with Crippen molar-refractivity contribution in [3.8, 4) is 0 Å². The molecule has 3 heteroatoms. The maximum Gasteiger partial charge on any atom is 0.126 e. The van der Waals surface area contributed by atoms with Crippen molar-refractivity contribution in [2.75, 3.05) is 5.32 Å². The van der Waals surface area contributed by atoms with E-state index >= 15 is 0 Å². The van der Waals surface area contributed by atoms with E-state index in [1.54, 1.807) is 0 Å². The first-order chi connectivity index (χ1) is 7.25. The van der Waals surface area contributed by atoms with Gasteiger partial charge < -0.3 is 5.32 Å². The molecule has 82 valence electrons. The van der Waals surface area contributed by atoms with Crippen molar-refractivity contribution in [2.24, 2.45) is 0 Å². The molecule has 0 radical (unpaired) electrons. The third kappa shape index (κ3) is 2.94. The Morgan fingerprint density at radius 1 is 1.27 bits per heavy atom. The minimum Gasteiger partial charge on any atom is -0.367 e. The molecule has 0 spiro atoms. The van der Waals surface area contributed by atoms with Gasteiger partial charge in [0.25, 0.3) is 0 Å². The van der Waals surface area contributed by atoms with Crippen molar-refractivity contribution >= 4 is 21.7 Å². The van der Waals surface area contributed by atoms with Crippen LogP contribution in [0.3, 0.4) is 0 Å². The summed E-state index contributed by atoms with van der Waals surface area (Å²) < 4.78 is 1.08. The Bertz CT molecular complexity index is 332. The lowest BCUT2D eigenvalue weighted by molar-refractivity contribution is 0.462. The molecule has 0 bridgehead atoms. The molecule has 1 aromatic heterocycles. The highest BCUT2D eigenvalue weighted by molar-refractivity contribution is 9.10. The van der Waals surface area contributed by atoms with E-state index in [2.05, 4.69) is 32.3 Å². The number of halogens is 1. The topological polar surface area (TPSA) is 24.9 Å². The maximum absolute atomic E-state index is 4.51. The normalized spacial score (nSPS) is 17.7. The van der Waals surface area contributed by atoms with Crippen LogP contribution in [0.1, 0.15) is 37.8 Å². The van der Waals surface area contributed by atoms with Crippen LogP contribution in [0, 0.1) is 6.92 Å². The molecule has 0 unspecified atom stereocenters. The van der Waals surface area contributed by atoms with E-state index in [0.29, 0.717) is 6.04 Å². The third-order valence-electron chi connectivity index (χ3n) is 2.98. The molecular weight excluding hydrogens is 252 g/mol. The predicted molar refractivity (Wildman–Crippen MR) is 67.2 cm³/mol. The second kappa shape index (κ2) is 4.97. The molecule has 0 aliphatic heterocycles. The Balaban J connectivity index is 2.00. The molecule has 2 nitrogen and oxygen atoms in total. The molecule has 1 fully saturated rings. The lowest BCUT2D eigenvalue weighted by Gasteiger charge is -2.23. The Morgan fingerprint density at radius 3 is 2.67 bits per heavy atom. The molecule has 0 atom stereocenters. The molecule has 15 heavy (non-hydrogen) atoms. The van der Waals surface area contributed by atoms with Crippen molar-refractivity contribution in [2.45, 2.75) is 45.1 Å². The first-order valence-corrected chi connectivity index (χ1v) is 6.45. The number of nitrogens with one attached hydrogen (secondary N) is 1. The minimum atomic E-state index is 0.631. The van der Waals surface area contributed by atoms with Gasteiger partial charge in [-0.15, -0.1) is 0 Å². The second-order valence-corrected chi connectivity index (χ2v) is 5.10. The molecular formula is C12H17BrN2. The summed E-state index contributed by atoms with van der Waals surface area (Å²) in [6.07, 6.45) is 6.68. The summed E-state index contributed by atoms with van der Waals surface area (Å²) in [5, 5.41) is 3.52. The zero-order chi connectivity index (χ0) is 10.7. The van der Waals surface area contributed by atoms with Crippen LogP contribution in [0.5, 0.6) is 0 Å². The van der Waals surface area contributed by atoms with Gasteiger partial charge in [-0.05, 0) is 47.8 Å². The highest BCUT2D eigenvalue weighted by Gasteiger charge is 2.13. The number of nitrogens with zero attached hydrogens (tertiary/aromatic N) is 1. The smallest absolute Gasteiger partial charge is 0.126 e. The molecule has 0 amide bonds. The highest BCUT2D eigenvalue weighted by Crippen LogP contribution is 2.22. The van der Waals surface area contributed by atoms with Crippen LogP contribution in [0.4, 0.5) is 5.82 Å². The molecule has 1 N–H and O–H groups in total. The average Bonchev–Trinajstić information content (AvgIpc) is 2.25. The van der Waals surface area contributed by atoms with Gasteiger partial charge in [0, 0.05) is 10.5 Å². The zero-order valence-electron chi connectivity index (χ0n) is 9.09. The van der Waals surface area contributed by atoms with Gasteiger partial charge in [0.2, 0.25) is 0 Å². The summed E-state index contributed by atoms with van der Waals surface area (Å²) in [6, 6.07) is 4.74. The molecule has 2 rings (SSSR count). The van der Waals surface area contributed by atoms with Gasteiger partial charge in [0.05, 0.1) is 5.69 Å². The Morgan fingerprint density at radius 2 is 2.00 bits per heavy atom. The number of rotatable bonds is 2. The molecule has 1 aromatic rings. The summed E-state index contributed by atoms with van der Waals surface area (Å²) in [5.41, 5.74) is 1.05. The van der Waals surface area contributed by atoms with Crippen molar-refractivity contribution in [3.63, 3.8) is 0 Å². The summed E-state index contributed by atoms with van der Waals surface area (Å²) in [7, 11) is 0. The van der Waals surface area contributed by atoms with Gasteiger partial charge in [-0.2, -0.15) is 0 Å². The number of aromatic nitrogens is 1. The quantitative estimate of drug-likeness (QED) is 0.880. The fraction of sp³-hybridized carbons (Fsp3) is 0.583. The van der Waals surface area contributed by atoms with E-state index < -0.39 is 0 Å². The van der Waals surface area contributed by atoms with Gasteiger partial charge in [-0.3, -0.25) is 0 Å². The lowest BCUT2D eigenvalue weighted by atomic mass is 9.95. The molecule has 0 aromatic carbocycles. The average molecular weight is 269 g/mol. The number of hydrogen-bond acceptors (Lipinski definition) is 2. The Hall–Kier alpha value is -0.570. The van der Waals surface area contributed by atoms with Gasteiger partial charge in [0.15, 0.2) is 0 Å². The summed E-state index contributed by atoms with van der Waals surface area (Å²) in [5.74, 6) is 1.02. The first kappa shape index (κ1) is 10.9. The molecule has 1 aliphatic rings. The van der Waals surface area contributed by atoms with Gasteiger partial charge in [0.1, 0.15) is 5.82 Å². The Labute approximate surface area is 99.6 Å². The number of pyridine rings is 1. The summed E-state index contributed by atoms with van der Waals surface area (Å²) in [4.78, 5) is 4.51. The summed E-state index contributed by atoms with van der Waals surface area (Å²) in [6.45, 7) is 2.02. The predicted octanol–water partition coefficient (Wildman–Crippen LogP) is 3.90. The fourth-order valence-corrected chi connectivity index (χ4v) is 2.30. The molecule has 1 saturated carbocycles. The molecule has 1 aliphatic carbocycles. The van der Waals surface area contributed by atoms with Crippen molar-refractivity contribution < 1.29 is 0 Å². The molecule has 1 heterocycles. The van der Waals surface area contributed by atoms with E-state index in [1.807, 2.05) is 13.0 Å². The third-order valence-corrected chi connectivity index (χ3v) is 3.82. The van der Waals surface area contributed by atoms with Crippen LogP contribution in [0.15, 0.2) is 16.6 Å². The van der Waals surface area contributed by atoms with Crippen LogP contribution in [-0.2, 0) is 0 Å². The van der Waals surface area contributed by atoms with Crippen molar-refractivity contribution in [1.29, 1.82) is 0 Å². The van der Waals surface area contributed by atoms with E-state index in [1.165, 1.54) is 32.1 Å². The first-order valence-electron chi connectivity index (χ1n) is 5.65. The van der Waals surface area contributed by atoms with E-state index in [4.69, 9.17) is 0 Å². The highest BCUT2D eigenvalue weighted by atomic mass is 79.9. The van der Waals surface area contributed by atoms with Crippen LogP contribution >= 0.6 is 15.9 Å². The minimum absolute atomic E-state index is 0.631. The monoisotopic (exact) mass is 268 g/mol. The lowest BCUT2D eigenvalue weighted by Crippen LogP contribution is -2.22. The van der Waals surface area contributed by atoms with Crippen molar-refractivity contribution in [1.82, 2.24) is 4.98 Å². The largest absolute Gasteiger partial charge is 0.367 e. The van der Waals surface area contributed by atoms with E-state index in [0.717, 1.165) is 16.0 Å². The zero-order valence-corrected chi connectivity index (χ0v) is 10.7. The second-order valence-electron chi connectivity index (χ2n) is 4.24. The standard InChI is InChI=1S/C12H17BrN2/c1-9-11(13)7-8-12(14-9)15-10-5-3-2-4-6-10/h7-8,10H,2-6H2,1H3,(H,14,15). The number of anilines is 1. The van der Waals surface area contributed by atoms with Gasteiger partial charge in [-0.25, -0.2) is 4.98 Å². The van der Waals surface area contributed by atoms with Gasteiger partial charge >= 0.3 is 0 Å². The maximum atomic E-state index is 4.51.